The van der Waals surface area contributed by atoms with Crippen LogP contribution in [0.2, 0.25) is 0 Å². The van der Waals surface area contributed by atoms with Crippen LogP contribution in [0.1, 0.15) is 5.56 Å². The van der Waals surface area contributed by atoms with Crippen molar-refractivity contribution in [1.82, 2.24) is 4.90 Å². The Kier molecular flexibility index (Phi) is 5.75. The fourth-order valence-electron chi connectivity index (χ4n) is 3.99. The molecule has 0 radical (unpaired) electrons. The molecule has 4 aromatic rings. The molecule has 0 unspecified atom stereocenters. The van der Waals surface area contributed by atoms with Crippen LogP contribution in [-0.2, 0) is 4.79 Å². The Morgan fingerprint density at radius 1 is 0.818 bits per heavy atom. The molecule has 33 heavy (non-hydrogen) atoms. The summed E-state index contributed by atoms with van der Waals surface area (Å²) in [4.78, 5) is 27.2. The average Bonchev–Trinajstić information content (AvgIpc) is 3.11. The van der Waals surface area contributed by atoms with E-state index in [1.807, 2.05) is 78.9 Å². The first-order valence-corrected chi connectivity index (χ1v) is 11.4. The number of rotatable bonds is 6. The van der Waals surface area contributed by atoms with Crippen molar-refractivity contribution in [2.45, 2.75) is 0 Å². The number of carbonyl (C=O) groups is 2. The monoisotopic (exact) mass is 455 g/mol. The number of carbonyl (C=O) groups excluding carboxylic acids is 2. The topological polar surface area (TPSA) is 55.8 Å². The molecule has 1 heterocycles. The lowest BCUT2D eigenvalue weighted by atomic mass is 10.0. The van der Waals surface area contributed by atoms with E-state index >= 15 is 0 Å². The van der Waals surface area contributed by atoms with Gasteiger partial charge in [-0.3, -0.25) is 14.5 Å². The Labute approximate surface area is 195 Å². The van der Waals surface area contributed by atoms with Gasteiger partial charge in [0.15, 0.2) is 0 Å². The lowest BCUT2D eigenvalue weighted by molar-refractivity contribution is -0.123. The fourth-order valence-corrected chi connectivity index (χ4v) is 4.84. The van der Waals surface area contributed by atoms with Gasteiger partial charge in [0.2, 0.25) is 0 Å². The van der Waals surface area contributed by atoms with Crippen molar-refractivity contribution in [3.63, 3.8) is 0 Å². The second-order valence-electron chi connectivity index (χ2n) is 7.56. The summed E-state index contributed by atoms with van der Waals surface area (Å²) in [5.74, 6) is 1.07. The highest BCUT2D eigenvalue weighted by Gasteiger charge is 2.35. The van der Waals surface area contributed by atoms with E-state index in [9.17, 15) is 9.59 Å². The summed E-state index contributed by atoms with van der Waals surface area (Å²) in [5.41, 5.74) is 0.785. The SMILES string of the molecule is COc1ccc2ccccc2c1/C=C1\SC(=O)N(CCOc2cccc3ccccc23)C1=O. The Hall–Kier alpha value is -3.77. The maximum Gasteiger partial charge on any atom is 0.293 e. The van der Waals surface area contributed by atoms with Crippen molar-refractivity contribution >= 4 is 50.5 Å². The van der Waals surface area contributed by atoms with E-state index in [2.05, 4.69) is 0 Å². The molecule has 0 aliphatic carbocycles. The predicted octanol–water partition coefficient (Wildman–Crippen LogP) is 6.12. The van der Waals surface area contributed by atoms with Gasteiger partial charge in [0.05, 0.1) is 18.6 Å². The van der Waals surface area contributed by atoms with E-state index in [1.165, 1.54) is 4.90 Å². The average molecular weight is 456 g/mol. The number of amides is 2. The van der Waals surface area contributed by atoms with Gasteiger partial charge in [-0.1, -0.05) is 66.7 Å². The van der Waals surface area contributed by atoms with Gasteiger partial charge in [-0.05, 0) is 46.1 Å². The first-order chi connectivity index (χ1) is 16.2. The zero-order valence-corrected chi connectivity index (χ0v) is 18.8. The first-order valence-electron chi connectivity index (χ1n) is 10.6. The van der Waals surface area contributed by atoms with Gasteiger partial charge < -0.3 is 9.47 Å². The zero-order valence-electron chi connectivity index (χ0n) is 18.0. The molecule has 0 bridgehead atoms. The molecule has 0 spiro atoms. The minimum Gasteiger partial charge on any atom is -0.496 e. The fraction of sp³-hybridized carbons (Fsp3) is 0.111. The van der Waals surface area contributed by atoms with Crippen LogP contribution in [0.25, 0.3) is 27.6 Å². The molecule has 5 rings (SSSR count). The summed E-state index contributed by atoms with van der Waals surface area (Å²) in [6, 6.07) is 25.5. The highest BCUT2D eigenvalue weighted by Crippen LogP contribution is 2.36. The Morgan fingerprint density at radius 3 is 2.30 bits per heavy atom. The van der Waals surface area contributed by atoms with Gasteiger partial charge in [-0.25, -0.2) is 0 Å². The highest BCUT2D eigenvalue weighted by molar-refractivity contribution is 8.18. The summed E-state index contributed by atoms with van der Waals surface area (Å²) in [6.45, 7) is 0.398. The highest BCUT2D eigenvalue weighted by atomic mass is 32.2. The van der Waals surface area contributed by atoms with Crippen molar-refractivity contribution in [3.05, 3.63) is 89.3 Å². The van der Waals surface area contributed by atoms with E-state index in [0.29, 0.717) is 10.7 Å². The van der Waals surface area contributed by atoms with Crippen LogP contribution in [0.3, 0.4) is 0 Å². The third-order valence-electron chi connectivity index (χ3n) is 5.62. The number of ether oxygens (including phenoxy) is 2. The molecule has 1 fully saturated rings. The number of nitrogens with zero attached hydrogens (tertiary/aromatic N) is 1. The molecule has 4 aromatic carbocycles. The first kappa shape index (κ1) is 21.1. The van der Waals surface area contributed by atoms with Gasteiger partial charge in [0, 0.05) is 10.9 Å². The maximum absolute atomic E-state index is 13.0. The van der Waals surface area contributed by atoms with E-state index in [0.717, 1.165) is 44.6 Å². The number of imide groups is 1. The van der Waals surface area contributed by atoms with Crippen molar-refractivity contribution in [3.8, 4) is 11.5 Å². The number of fused-ring (bicyclic) bond motifs is 2. The van der Waals surface area contributed by atoms with E-state index in [1.54, 1.807) is 13.2 Å². The van der Waals surface area contributed by atoms with Gasteiger partial charge in [-0.15, -0.1) is 0 Å². The smallest absolute Gasteiger partial charge is 0.293 e. The molecule has 0 aromatic heterocycles. The number of hydrogen-bond acceptors (Lipinski definition) is 5. The Morgan fingerprint density at radius 2 is 1.52 bits per heavy atom. The molecule has 164 valence electrons. The van der Waals surface area contributed by atoms with Crippen LogP contribution in [0, 0.1) is 0 Å². The molecular weight excluding hydrogens is 434 g/mol. The van der Waals surface area contributed by atoms with Crippen LogP contribution >= 0.6 is 11.8 Å². The van der Waals surface area contributed by atoms with Crippen molar-refractivity contribution in [2.75, 3.05) is 20.3 Å². The van der Waals surface area contributed by atoms with Gasteiger partial charge in [0.25, 0.3) is 11.1 Å². The van der Waals surface area contributed by atoms with E-state index in [-0.39, 0.29) is 24.3 Å². The molecular formula is C27H21NO4S. The molecule has 5 nitrogen and oxygen atoms in total. The van der Waals surface area contributed by atoms with Gasteiger partial charge in [-0.2, -0.15) is 0 Å². The Bertz CT molecular complexity index is 1410. The maximum atomic E-state index is 13.0. The standard InChI is InChI=1S/C27H21NO4S/c1-31-23-14-13-19-8-2-4-10-20(19)22(23)17-25-26(29)28(27(30)33-25)15-16-32-24-12-6-9-18-7-3-5-11-21(18)24/h2-14,17H,15-16H2,1H3/b25-17-. The number of hydrogen-bond donors (Lipinski definition) is 0. The van der Waals surface area contributed by atoms with Crippen molar-refractivity contribution in [1.29, 1.82) is 0 Å². The quantitative estimate of drug-likeness (QED) is 0.328. The Balaban J connectivity index is 1.36. The summed E-state index contributed by atoms with van der Waals surface area (Å²) >= 11 is 0.941. The molecule has 1 saturated heterocycles. The molecule has 1 aliphatic heterocycles. The number of methoxy groups -OCH3 is 1. The van der Waals surface area contributed by atoms with Crippen molar-refractivity contribution < 1.29 is 19.1 Å². The predicted molar refractivity (Wildman–Crippen MR) is 133 cm³/mol. The largest absolute Gasteiger partial charge is 0.496 e. The van der Waals surface area contributed by atoms with Gasteiger partial charge in [0.1, 0.15) is 18.1 Å². The molecule has 0 saturated carbocycles. The second-order valence-corrected chi connectivity index (χ2v) is 8.55. The lowest BCUT2D eigenvalue weighted by Crippen LogP contribution is -2.32. The number of benzene rings is 4. The third kappa shape index (κ3) is 4.05. The minimum absolute atomic E-state index is 0.178. The minimum atomic E-state index is -0.318. The molecule has 0 N–H and O–H groups in total. The van der Waals surface area contributed by atoms with Crippen molar-refractivity contribution in [2.24, 2.45) is 0 Å². The van der Waals surface area contributed by atoms with E-state index in [4.69, 9.17) is 9.47 Å². The lowest BCUT2D eigenvalue weighted by Gasteiger charge is -2.14. The normalized spacial score (nSPS) is 15.1. The van der Waals surface area contributed by atoms with Crippen LogP contribution in [-0.4, -0.2) is 36.3 Å². The number of thioether (sulfide) groups is 1. The van der Waals surface area contributed by atoms with E-state index < -0.39 is 0 Å². The molecule has 2 amide bonds. The summed E-state index contributed by atoms with van der Waals surface area (Å²) in [7, 11) is 1.60. The van der Waals surface area contributed by atoms with Crippen LogP contribution in [0.4, 0.5) is 4.79 Å². The molecule has 6 heteroatoms. The van der Waals surface area contributed by atoms with Crippen LogP contribution < -0.4 is 9.47 Å². The zero-order chi connectivity index (χ0) is 22.8. The van der Waals surface area contributed by atoms with Crippen LogP contribution in [0.5, 0.6) is 11.5 Å². The van der Waals surface area contributed by atoms with Gasteiger partial charge >= 0.3 is 0 Å². The van der Waals surface area contributed by atoms with Crippen LogP contribution in [0.15, 0.2) is 83.8 Å². The second kappa shape index (κ2) is 9.00. The summed E-state index contributed by atoms with van der Waals surface area (Å²) in [5, 5.41) is 3.77. The molecule has 0 atom stereocenters. The third-order valence-corrected chi connectivity index (χ3v) is 6.53. The summed E-state index contributed by atoms with van der Waals surface area (Å²) in [6.07, 6.45) is 1.75. The summed E-state index contributed by atoms with van der Waals surface area (Å²) < 4.78 is 11.4. The molecule has 1 aliphatic rings.